The number of rotatable bonds is 10. The minimum absolute atomic E-state index is 0.311. The number of ether oxygens (including phenoxy) is 3. The second kappa shape index (κ2) is 10.9. The van der Waals surface area contributed by atoms with Crippen molar-refractivity contribution in [1.29, 1.82) is 0 Å². The summed E-state index contributed by atoms with van der Waals surface area (Å²) in [6.07, 6.45) is 2.96. The fourth-order valence-electron chi connectivity index (χ4n) is 2.19. The first-order chi connectivity index (χ1) is 13.9. The summed E-state index contributed by atoms with van der Waals surface area (Å²) in [5, 5.41) is 12.7. The highest BCUT2D eigenvalue weighted by Gasteiger charge is 2.11. The van der Waals surface area contributed by atoms with E-state index in [9.17, 15) is 9.59 Å². The van der Waals surface area contributed by atoms with Gasteiger partial charge in [0, 0.05) is 15.6 Å². The molecule has 2 aromatic carbocycles. The number of hydrogen-bond acceptors (Lipinski definition) is 6. The molecule has 2 N–H and O–H groups in total. The number of amides is 1. The van der Waals surface area contributed by atoms with Gasteiger partial charge in [-0.05, 0) is 36.4 Å². The van der Waals surface area contributed by atoms with E-state index in [1.165, 1.54) is 19.4 Å². The number of aliphatic carboxylic acids is 1. The Morgan fingerprint density at radius 1 is 1.17 bits per heavy atom. The van der Waals surface area contributed by atoms with Gasteiger partial charge in [-0.2, -0.15) is 5.10 Å². The van der Waals surface area contributed by atoms with Gasteiger partial charge in [-0.15, -0.1) is 0 Å². The zero-order chi connectivity index (χ0) is 21.2. The first-order valence-electron chi connectivity index (χ1n) is 8.34. The Bertz CT molecular complexity index is 929. The first kappa shape index (κ1) is 22.0. The predicted molar refractivity (Wildman–Crippen MR) is 111 cm³/mol. The van der Waals surface area contributed by atoms with E-state index < -0.39 is 18.5 Å². The Balaban J connectivity index is 2.10. The fourth-order valence-corrected chi connectivity index (χ4v) is 2.57. The minimum atomic E-state index is -1.10. The molecule has 152 valence electrons. The Labute approximate surface area is 175 Å². The zero-order valence-corrected chi connectivity index (χ0v) is 17.1. The minimum Gasteiger partial charge on any atom is -0.493 e. The Morgan fingerprint density at radius 3 is 2.62 bits per heavy atom. The summed E-state index contributed by atoms with van der Waals surface area (Å²) in [7, 11) is 1.47. The van der Waals surface area contributed by atoms with Crippen LogP contribution < -0.4 is 19.6 Å². The van der Waals surface area contributed by atoms with Crippen molar-refractivity contribution in [3.63, 3.8) is 0 Å². The molecule has 0 spiro atoms. The molecule has 0 aliphatic rings. The highest BCUT2D eigenvalue weighted by molar-refractivity contribution is 9.10. The molecular formula is C20H19BrN2O6. The van der Waals surface area contributed by atoms with Crippen molar-refractivity contribution in [3.05, 3.63) is 64.7 Å². The number of nitrogens with zero attached hydrogens (tertiary/aromatic N) is 1. The molecule has 0 saturated heterocycles. The topological polar surface area (TPSA) is 106 Å². The third-order valence-corrected chi connectivity index (χ3v) is 3.97. The van der Waals surface area contributed by atoms with Crippen LogP contribution in [0.5, 0.6) is 17.2 Å². The molecule has 2 rings (SSSR count). The second-order valence-corrected chi connectivity index (χ2v) is 6.44. The number of halogens is 1. The first-order valence-corrected chi connectivity index (χ1v) is 9.13. The monoisotopic (exact) mass is 462 g/mol. The molecule has 0 saturated carbocycles. The number of hydrazone groups is 1. The summed E-state index contributed by atoms with van der Waals surface area (Å²) in [4.78, 5) is 23.0. The summed E-state index contributed by atoms with van der Waals surface area (Å²) >= 11 is 3.32. The molecule has 0 bridgehead atoms. The molecule has 1 amide bonds. The number of carbonyl (C=O) groups excluding carboxylic acids is 1. The summed E-state index contributed by atoms with van der Waals surface area (Å²) in [6, 6.07) is 9.71. The number of carboxylic acid groups (broad SMARTS) is 1. The quantitative estimate of drug-likeness (QED) is 0.318. The number of methoxy groups -OCH3 is 1. The zero-order valence-electron chi connectivity index (χ0n) is 15.6. The van der Waals surface area contributed by atoms with Gasteiger partial charge >= 0.3 is 5.97 Å². The highest BCUT2D eigenvalue weighted by Crippen LogP contribution is 2.28. The van der Waals surface area contributed by atoms with E-state index in [4.69, 9.17) is 19.3 Å². The lowest BCUT2D eigenvalue weighted by Crippen LogP contribution is -2.18. The van der Waals surface area contributed by atoms with Crippen LogP contribution in [-0.2, 0) is 4.79 Å². The van der Waals surface area contributed by atoms with E-state index in [0.717, 1.165) is 4.47 Å². The molecule has 0 aliphatic carbocycles. The van der Waals surface area contributed by atoms with Crippen LogP contribution in [0.1, 0.15) is 15.9 Å². The predicted octanol–water partition coefficient (Wildman–Crippen LogP) is 3.25. The Morgan fingerprint density at radius 2 is 1.93 bits per heavy atom. The summed E-state index contributed by atoms with van der Waals surface area (Å²) in [6.45, 7) is 3.40. The maximum Gasteiger partial charge on any atom is 0.341 e. The molecule has 9 heteroatoms. The van der Waals surface area contributed by atoms with Gasteiger partial charge in [-0.3, -0.25) is 4.79 Å². The van der Waals surface area contributed by atoms with Crippen molar-refractivity contribution >= 4 is 34.0 Å². The molecule has 0 aliphatic heterocycles. The van der Waals surface area contributed by atoms with E-state index >= 15 is 0 Å². The van der Waals surface area contributed by atoms with Crippen LogP contribution in [0.15, 0.2) is 58.6 Å². The third-order valence-electron chi connectivity index (χ3n) is 3.48. The van der Waals surface area contributed by atoms with Gasteiger partial charge < -0.3 is 19.3 Å². The van der Waals surface area contributed by atoms with Crippen molar-refractivity contribution in [3.8, 4) is 17.2 Å². The van der Waals surface area contributed by atoms with Crippen molar-refractivity contribution in [2.24, 2.45) is 5.10 Å². The average Bonchev–Trinajstić information content (AvgIpc) is 2.71. The summed E-state index contributed by atoms with van der Waals surface area (Å²) < 4.78 is 16.6. The molecule has 0 heterocycles. The summed E-state index contributed by atoms with van der Waals surface area (Å²) in [5.74, 6) is -0.350. The van der Waals surface area contributed by atoms with Crippen LogP contribution in [-0.4, -0.2) is 43.5 Å². The lowest BCUT2D eigenvalue weighted by molar-refractivity contribution is -0.139. The highest BCUT2D eigenvalue weighted by atomic mass is 79.9. The lowest BCUT2D eigenvalue weighted by atomic mass is 10.2. The number of hydrogen-bond donors (Lipinski definition) is 2. The third kappa shape index (κ3) is 6.65. The van der Waals surface area contributed by atoms with E-state index in [1.807, 2.05) is 0 Å². The standard InChI is InChI=1S/C20H19BrN2O6/c1-3-8-28-17-6-4-13(10-18(17)27-2)20(26)23-22-11-14-9-15(21)5-7-16(14)29-12-19(24)25/h3-7,9-11H,1,8,12H2,2H3,(H,23,26)(H,24,25)/b22-11+. The van der Waals surface area contributed by atoms with Gasteiger partial charge in [0.05, 0.1) is 13.3 Å². The van der Waals surface area contributed by atoms with E-state index in [-0.39, 0.29) is 0 Å². The average molecular weight is 463 g/mol. The van der Waals surface area contributed by atoms with E-state index in [2.05, 4.69) is 33.0 Å². The number of carboxylic acids is 1. The molecular weight excluding hydrogens is 444 g/mol. The summed E-state index contributed by atoms with van der Waals surface area (Å²) in [5.41, 5.74) is 3.22. The maximum absolute atomic E-state index is 12.3. The van der Waals surface area contributed by atoms with Gasteiger partial charge in [0.25, 0.3) is 5.91 Å². The van der Waals surface area contributed by atoms with Crippen LogP contribution in [0.4, 0.5) is 0 Å². The molecule has 0 atom stereocenters. The largest absolute Gasteiger partial charge is 0.493 e. The van der Waals surface area contributed by atoms with Crippen LogP contribution >= 0.6 is 15.9 Å². The van der Waals surface area contributed by atoms with Crippen molar-refractivity contribution in [2.75, 3.05) is 20.3 Å². The van der Waals surface area contributed by atoms with E-state index in [0.29, 0.717) is 35.0 Å². The van der Waals surface area contributed by atoms with Crippen molar-refractivity contribution < 1.29 is 28.9 Å². The molecule has 29 heavy (non-hydrogen) atoms. The van der Waals surface area contributed by atoms with Crippen LogP contribution in [0, 0.1) is 0 Å². The van der Waals surface area contributed by atoms with Gasteiger partial charge in [0.15, 0.2) is 18.1 Å². The molecule has 0 unspecified atom stereocenters. The molecule has 0 aromatic heterocycles. The van der Waals surface area contributed by atoms with Gasteiger partial charge in [-0.1, -0.05) is 28.6 Å². The normalized spacial score (nSPS) is 10.4. The maximum atomic E-state index is 12.3. The van der Waals surface area contributed by atoms with Crippen LogP contribution in [0.2, 0.25) is 0 Å². The number of carbonyl (C=O) groups is 2. The number of benzene rings is 2. The SMILES string of the molecule is C=CCOc1ccc(C(=O)N/N=C/c2cc(Br)ccc2OCC(=O)O)cc1OC. The Kier molecular flexibility index (Phi) is 8.23. The van der Waals surface area contributed by atoms with Crippen LogP contribution in [0.3, 0.4) is 0 Å². The van der Waals surface area contributed by atoms with Crippen molar-refractivity contribution in [1.82, 2.24) is 5.43 Å². The number of nitrogens with one attached hydrogen (secondary N) is 1. The molecule has 0 fully saturated rings. The van der Waals surface area contributed by atoms with Gasteiger partial charge in [0.1, 0.15) is 12.4 Å². The van der Waals surface area contributed by atoms with E-state index in [1.54, 1.807) is 36.4 Å². The van der Waals surface area contributed by atoms with Crippen molar-refractivity contribution in [2.45, 2.75) is 0 Å². The fraction of sp³-hybridized carbons (Fsp3) is 0.150. The second-order valence-electron chi connectivity index (χ2n) is 5.53. The molecule has 0 radical (unpaired) electrons. The molecule has 2 aromatic rings. The van der Waals surface area contributed by atoms with Crippen LogP contribution in [0.25, 0.3) is 0 Å². The van der Waals surface area contributed by atoms with Gasteiger partial charge in [-0.25, -0.2) is 10.2 Å². The molecule has 8 nitrogen and oxygen atoms in total. The lowest BCUT2D eigenvalue weighted by Gasteiger charge is -2.10. The Hall–Kier alpha value is -3.33. The smallest absolute Gasteiger partial charge is 0.341 e. The van der Waals surface area contributed by atoms with Gasteiger partial charge in [0.2, 0.25) is 0 Å².